The molecule has 0 atom stereocenters. The van der Waals surface area contributed by atoms with E-state index in [1.807, 2.05) is 0 Å². The van der Waals surface area contributed by atoms with Gasteiger partial charge < -0.3 is 10.2 Å². The van der Waals surface area contributed by atoms with Crippen molar-refractivity contribution in [1.82, 2.24) is 10.2 Å². The largest absolute Gasteiger partial charge is 0.352 e. The Morgan fingerprint density at radius 2 is 1.75 bits per heavy atom. The minimum atomic E-state index is -0.321. The first-order valence-corrected chi connectivity index (χ1v) is 7.43. The smallest absolute Gasteiger partial charge is 0.251 e. The predicted octanol–water partition coefficient (Wildman–Crippen LogP) is 3.07. The van der Waals surface area contributed by atoms with Crippen LogP contribution in [-0.4, -0.2) is 37.0 Å². The second-order valence-electron chi connectivity index (χ2n) is 4.85. The van der Waals surface area contributed by atoms with Crippen LogP contribution in [0.1, 0.15) is 43.5 Å². The fourth-order valence-electron chi connectivity index (χ4n) is 2.08. The number of carbonyl (C=O) groups excluding carboxylic acids is 1. The quantitative estimate of drug-likeness (QED) is 0.705. The van der Waals surface area contributed by atoms with E-state index in [4.69, 9.17) is 0 Å². The van der Waals surface area contributed by atoms with Crippen molar-refractivity contribution in [3.63, 3.8) is 0 Å². The Balaban J connectivity index is 2.12. The Morgan fingerprint density at radius 1 is 1.10 bits per heavy atom. The summed E-state index contributed by atoms with van der Waals surface area (Å²) in [6, 6.07) is 5.62. The van der Waals surface area contributed by atoms with Crippen LogP contribution < -0.4 is 5.32 Å². The van der Waals surface area contributed by atoms with Gasteiger partial charge in [0.2, 0.25) is 0 Å². The SMILES string of the molecule is CCN(CC)CCCCCNC(=O)c1ccc(F)cc1. The van der Waals surface area contributed by atoms with Crippen molar-refractivity contribution in [2.45, 2.75) is 33.1 Å². The van der Waals surface area contributed by atoms with Crippen LogP contribution in [0.4, 0.5) is 4.39 Å². The van der Waals surface area contributed by atoms with Gasteiger partial charge in [-0.1, -0.05) is 20.3 Å². The summed E-state index contributed by atoms with van der Waals surface area (Å²) in [4.78, 5) is 14.1. The van der Waals surface area contributed by atoms with Gasteiger partial charge >= 0.3 is 0 Å². The zero-order valence-electron chi connectivity index (χ0n) is 12.5. The van der Waals surface area contributed by atoms with Gasteiger partial charge in [0.1, 0.15) is 5.82 Å². The first kappa shape index (κ1) is 16.6. The lowest BCUT2D eigenvalue weighted by atomic mass is 10.2. The highest BCUT2D eigenvalue weighted by Gasteiger charge is 2.04. The number of halogens is 1. The molecule has 0 fully saturated rings. The van der Waals surface area contributed by atoms with Crippen molar-refractivity contribution in [1.29, 1.82) is 0 Å². The molecule has 0 bridgehead atoms. The number of nitrogens with zero attached hydrogens (tertiary/aromatic N) is 1. The third kappa shape index (κ3) is 6.15. The molecule has 0 heterocycles. The van der Waals surface area contributed by atoms with Gasteiger partial charge in [-0.15, -0.1) is 0 Å². The molecule has 1 rings (SSSR count). The molecule has 1 aromatic carbocycles. The summed E-state index contributed by atoms with van der Waals surface area (Å²) in [6.45, 7) is 8.34. The minimum absolute atomic E-state index is 0.131. The highest BCUT2D eigenvalue weighted by molar-refractivity contribution is 5.94. The maximum absolute atomic E-state index is 12.7. The number of hydrogen-bond donors (Lipinski definition) is 1. The Morgan fingerprint density at radius 3 is 2.35 bits per heavy atom. The molecule has 0 aliphatic heterocycles. The molecule has 1 amide bonds. The fourth-order valence-corrected chi connectivity index (χ4v) is 2.08. The number of unbranched alkanes of at least 4 members (excludes halogenated alkanes) is 2. The molecule has 0 spiro atoms. The van der Waals surface area contributed by atoms with Crippen LogP contribution in [0, 0.1) is 5.82 Å². The Bertz CT molecular complexity index is 388. The van der Waals surface area contributed by atoms with Crippen molar-refractivity contribution in [2.24, 2.45) is 0 Å². The highest BCUT2D eigenvalue weighted by atomic mass is 19.1. The van der Waals surface area contributed by atoms with Gasteiger partial charge in [-0.3, -0.25) is 4.79 Å². The van der Waals surface area contributed by atoms with Gasteiger partial charge in [0, 0.05) is 12.1 Å². The van der Waals surface area contributed by atoms with Crippen molar-refractivity contribution in [3.05, 3.63) is 35.6 Å². The highest BCUT2D eigenvalue weighted by Crippen LogP contribution is 2.03. The van der Waals surface area contributed by atoms with Crippen molar-refractivity contribution >= 4 is 5.91 Å². The second-order valence-corrected chi connectivity index (χ2v) is 4.85. The van der Waals surface area contributed by atoms with E-state index in [0.29, 0.717) is 12.1 Å². The molecule has 0 aliphatic rings. The van der Waals surface area contributed by atoms with Crippen LogP contribution in [0.3, 0.4) is 0 Å². The van der Waals surface area contributed by atoms with E-state index >= 15 is 0 Å². The summed E-state index contributed by atoms with van der Waals surface area (Å²) < 4.78 is 12.7. The fraction of sp³-hybridized carbons (Fsp3) is 0.562. The molecule has 0 saturated heterocycles. The minimum Gasteiger partial charge on any atom is -0.352 e. The van der Waals surface area contributed by atoms with E-state index < -0.39 is 0 Å². The molecule has 0 radical (unpaired) electrons. The molecule has 1 N–H and O–H groups in total. The molecule has 4 heteroatoms. The lowest BCUT2D eigenvalue weighted by Crippen LogP contribution is -2.25. The molecule has 0 saturated carbocycles. The van der Waals surface area contributed by atoms with Crippen LogP contribution >= 0.6 is 0 Å². The number of hydrogen-bond acceptors (Lipinski definition) is 2. The molecular formula is C16H25FN2O. The molecular weight excluding hydrogens is 255 g/mol. The van der Waals surface area contributed by atoms with E-state index in [1.165, 1.54) is 24.3 Å². The van der Waals surface area contributed by atoms with Crippen molar-refractivity contribution in [3.8, 4) is 0 Å². The van der Waals surface area contributed by atoms with E-state index in [1.54, 1.807) is 0 Å². The lowest BCUT2D eigenvalue weighted by Gasteiger charge is -2.17. The molecule has 112 valence electrons. The number of nitrogens with one attached hydrogen (secondary N) is 1. The van der Waals surface area contributed by atoms with Crippen LogP contribution in [0.25, 0.3) is 0 Å². The summed E-state index contributed by atoms with van der Waals surface area (Å²) in [7, 11) is 0. The van der Waals surface area contributed by atoms with E-state index in [9.17, 15) is 9.18 Å². The summed E-state index contributed by atoms with van der Waals surface area (Å²) >= 11 is 0. The monoisotopic (exact) mass is 280 g/mol. The first-order chi connectivity index (χ1) is 9.67. The number of benzene rings is 1. The molecule has 20 heavy (non-hydrogen) atoms. The Labute approximate surface area is 121 Å². The lowest BCUT2D eigenvalue weighted by molar-refractivity contribution is 0.0953. The normalized spacial score (nSPS) is 10.8. The maximum Gasteiger partial charge on any atom is 0.251 e. The average molecular weight is 280 g/mol. The maximum atomic E-state index is 12.7. The summed E-state index contributed by atoms with van der Waals surface area (Å²) in [5, 5.41) is 2.86. The van der Waals surface area contributed by atoms with Gasteiger partial charge in [0.15, 0.2) is 0 Å². The average Bonchev–Trinajstić information content (AvgIpc) is 2.47. The van der Waals surface area contributed by atoms with Gasteiger partial charge in [0.05, 0.1) is 0 Å². The first-order valence-electron chi connectivity index (χ1n) is 7.43. The van der Waals surface area contributed by atoms with Crippen LogP contribution in [0.15, 0.2) is 24.3 Å². The van der Waals surface area contributed by atoms with Crippen LogP contribution in [0.2, 0.25) is 0 Å². The van der Waals surface area contributed by atoms with Gasteiger partial charge in [-0.2, -0.15) is 0 Å². The topological polar surface area (TPSA) is 32.3 Å². The van der Waals surface area contributed by atoms with E-state index in [2.05, 4.69) is 24.1 Å². The molecule has 0 aromatic heterocycles. The van der Waals surface area contributed by atoms with Gasteiger partial charge in [-0.05, 0) is 56.7 Å². The second kappa shape index (κ2) is 9.48. The van der Waals surface area contributed by atoms with Crippen molar-refractivity contribution < 1.29 is 9.18 Å². The summed E-state index contributed by atoms with van der Waals surface area (Å²) in [6.07, 6.45) is 3.25. The zero-order chi connectivity index (χ0) is 14.8. The zero-order valence-corrected chi connectivity index (χ0v) is 12.5. The van der Waals surface area contributed by atoms with E-state index in [0.717, 1.165) is 38.9 Å². The third-order valence-corrected chi connectivity index (χ3v) is 3.44. The molecule has 3 nitrogen and oxygen atoms in total. The number of amides is 1. The van der Waals surface area contributed by atoms with Crippen LogP contribution in [-0.2, 0) is 0 Å². The predicted molar refractivity (Wildman–Crippen MR) is 80.4 cm³/mol. The summed E-state index contributed by atoms with van der Waals surface area (Å²) in [5.41, 5.74) is 0.509. The standard InChI is InChI=1S/C16H25FN2O/c1-3-19(4-2)13-7-5-6-12-18-16(20)14-8-10-15(17)11-9-14/h8-11H,3-7,12-13H2,1-2H3,(H,18,20). The summed E-state index contributed by atoms with van der Waals surface area (Å²) in [5.74, 6) is -0.452. The Hall–Kier alpha value is -1.42. The molecule has 0 aliphatic carbocycles. The Kier molecular flexibility index (Phi) is 7.88. The van der Waals surface area contributed by atoms with E-state index in [-0.39, 0.29) is 11.7 Å². The molecule has 1 aromatic rings. The van der Waals surface area contributed by atoms with Crippen molar-refractivity contribution in [2.75, 3.05) is 26.2 Å². The molecule has 0 unspecified atom stereocenters. The van der Waals surface area contributed by atoms with Gasteiger partial charge in [-0.25, -0.2) is 4.39 Å². The van der Waals surface area contributed by atoms with Crippen LogP contribution in [0.5, 0.6) is 0 Å². The van der Waals surface area contributed by atoms with Gasteiger partial charge in [0.25, 0.3) is 5.91 Å². The third-order valence-electron chi connectivity index (χ3n) is 3.44. The number of rotatable bonds is 9. The number of carbonyl (C=O) groups is 1.